The van der Waals surface area contributed by atoms with Crippen molar-refractivity contribution in [3.63, 3.8) is 0 Å². The summed E-state index contributed by atoms with van der Waals surface area (Å²) in [6.07, 6.45) is -0.907. The second-order valence-electron chi connectivity index (χ2n) is 6.45. The van der Waals surface area contributed by atoms with Crippen LogP contribution in [0.25, 0.3) is 0 Å². The zero-order chi connectivity index (χ0) is 21.9. The van der Waals surface area contributed by atoms with Gasteiger partial charge in [0.25, 0.3) is 0 Å². The molecule has 2 rings (SSSR count). The fourth-order valence-electron chi connectivity index (χ4n) is 2.48. The Bertz CT molecular complexity index is 847. The van der Waals surface area contributed by atoms with Crippen molar-refractivity contribution in [2.24, 2.45) is 0 Å². The minimum Gasteiger partial charge on any atom is -0.480 e. The Labute approximate surface area is 178 Å². The molecule has 0 aliphatic carbocycles. The minimum absolute atomic E-state index is 0.00536. The number of amides is 2. The Kier molecular flexibility index (Phi) is 9.04. The van der Waals surface area contributed by atoms with E-state index in [1.807, 2.05) is 18.2 Å². The lowest BCUT2D eigenvalue weighted by Gasteiger charge is -2.16. The van der Waals surface area contributed by atoms with Gasteiger partial charge >= 0.3 is 12.1 Å². The van der Waals surface area contributed by atoms with Crippen molar-refractivity contribution >= 4 is 29.6 Å². The van der Waals surface area contributed by atoms with Crippen molar-refractivity contribution < 1.29 is 29.3 Å². The molecule has 0 saturated heterocycles. The molecular weight excluding hydrogens is 414 g/mol. The lowest BCUT2D eigenvalue weighted by molar-refractivity contribution is -0.142. The number of alkyl carbamates (subject to hydrolysis) is 1. The summed E-state index contributed by atoms with van der Waals surface area (Å²) in [5.74, 6) is -1.90. The van der Waals surface area contributed by atoms with Gasteiger partial charge in [0.2, 0.25) is 5.91 Å². The number of halogens is 1. The van der Waals surface area contributed by atoms with Crippen LogP contribution >= 0.6 is 11.6 Å². The third kappa shape index (κ3) is 8.46. The van der Waals surface area contributed by atoms with Crippen LogP contribution in [0.1, 0.15) is 17.5 Å². The average Bonchev–Trinajstić information content (AvgIpc) is 2.72. The lowest BCUT2D eigenvalue weighted by Crippen LogP contribution is -2.44. The molecule has 0 spiro atoms. The number of carbonyl (C=O) groups is 3. The summed E-state index contributed by atoms with van der Waals surface area (Å²) >= 11 is 5.69. The molecule has 2 atom stereocenters. The van der Waals surface area contributed by atoms with Gasteiger partial charge in [-0.2, -0.15) is 0 Å². The Hall–Kier alpha value is -3.17. The number of aliphatic carboxylic acids is 1. The normalized spacial score (nSPS) is 12.5. The molecule has 0 fully saturated rings. The van der Waals surface area contributed by atoms with Gasteiger partial charge in [-0.1, -0.05) is 48.0 Å². The van der Waals surface area contributed by atoms with Crippen molar-refractivity contribution in [1.29, 1.82) is 0 Å². The van der Waals surface area contributed by atoms with Crippen LogP contribution in [0.3, 0.4) is 0 Å². The van der Waals surface area contributed by atoms with E-state index in [1.54, 1.807) is 18.2 Å². The smallest absolute Gasteiger partial charge is 0.407 e. The molecule has 0 radical (unpaired) electrons. The maximum Gasteiger partial charge on any atom is 0.407 e. The fraction of sp³-hybridized carbons (Fsp3) is 0.300. The number of benzene rings is 1. The summed E-state index contributed by atoms with van der Waals surface area (Å²) in [5.41, 5.74) is 1.39. The second-order valence-corrected chi connectivity index (χ2v) is 6.84. The van der Waals surface area contributed by atoms with Crippen molar-refractivity contribution in [1.82, 2.24) is 15.6 Å². The van der Waals surface area contributed by atoms with E-state index >= 15 is 0 Å². The number of nitrogens with one attached hydrogen (secondary N) is 2. The van der Waals surface area contributed by atoms with Crippen LogP contribution in [-0.4, -0.2) is 51.9 Å². The van der Waals surface area contributed by atoms with Crippen molar-refractivity contribution in [2.75, 3.05) is 6.54 Å². The van der Waals surface area contributed by atoms with E-state index in [-0.39, 0.29) is 31.1 Å². The van der Waals surface area contributed by atoms with Crippen LogP contribution in [0, 0.1) is 0 Å². The number of carboxylic acids is 1. The number of rotatable bonds is 10. The molecule has 1 aromatic heterocycles. The van der Waals surface area contributed by atoms with Crippen molar-refractivity contribution in [2.45, 2.75) is 31.6 Å². The molecule has 9 nitrogen and oxygen atoms in total. The number of carbonyl (C=O) groups excluding carboxylic acids is 2. The van der Waals surface area contributed by atoms with Gasteiger partial charge in [0.1, 0.15) is 17.8 Å². The van der Waals surface area contributed by atoms with Gasteiger partial charge in [-0.3, -0.25) is 4.79 Å². The molecule has 0 aliphatic heterocycles. The number of hydrogen-bond acceptors (Lipinski definition) is 6. The van der Waals surface area contributed by atoms with Gasteiger partial charge in [0, 0.05) is 19.2 Å². The summed E-state index contributed by atoms with van der Waals surface area (Å²) < 4.78 is 5.00. The molecule has 10 heteroatoms. The summed E-state index contributed by atoms with van der Waals surface area (Å²) in [7, 11) is 0. The lowest BCUT2D eigenvalue weighted by atomic mass is 10.1. The molecule has 0 unspecified atom stereocenters. The SMILES string of the molecule is O=C(C[C@H](O)CNC(=O)OCc1ccccc1)N[C@@H](Cc1ccc(Cl)nc1)C(=O)O. The first kappa shape index (κ1) is 23.1. The monoisotopic (exact) mass is 435 g/mol. The third-order valence-corrected chi connectivity index (χ3v) is 4.20. The van der Waals surface area contributed by atoms with E-state index in [9.17, 15) is 24.6 Å². The molecule has 0 aliphatic rings. The molecule has 0 saturated carbocycles. The highest BCUT2D eigenvalue weighted by Gasteiger charge is 2.22. The molecule has 1 aromatic carbocycles. The van der Waals surface area contributed by atoms with Crippen molar-refractivity contribution in [3.8, 4) is 0 Å². The van der Waals surface area contributed by atoms with Crippen LogP contribution in [0.5, 0.6) is 0 Å². The first-order valence-corrected chi connectivity index (χ1v) is 9.46. The maximum atomic E-state index is 12.1. The number of nitrogens with zero attached hydrogens (tertiary/aromatic N) is 1. The highest BCUT2D eigenvalue weighted by molar-refractivity contribution is 6.29. The van der Waals surface area contributed by atoms with Crippen LogP contribution in [-0.2, 0) is 27.4 Å². The first-order valence-electron chi connectivity index (χ1n) is 9.08. The minimum atomic E-state index is -1.23. The van der Waals surface area contributed by atoms with Crippen LogP contribution in [0.4, 0.5) is 4.79 Å². The highest BCUT2D eigenvalue weighted by atomic mass is 35.5. The molecule has 30 heavy (non-hydrogen) atoms. The van der Waals surface area contributed by atoms with Gasteiger partial charge in [-0.05, 0) is 17.2 Å². The summed E-state index contributed by atoms with van der Waals surface area (Å²) in [5, 5.41) is 24.2. The molecule has 2 amide bonds. The molecule has 160 valence electrons. The predicted octanol–water partition coefficient (Wildman–Crippen LogP) is 1.52. The molecule has 2 aromatic rings. The van der Waals surface area contributed by atoms with Gasteiger partial charge in [0.05, 0.1) is 12.5 Å². The number of aliphatic hydroxyl groups excluding tert-OH is 1. The van der Waals surface area contributed by atoms with E-state index in [1.165, 1.54) is 12.3 Å². The fourth-order valence-corrected chi connectivity index (χ4v) is 2.59. The van der Waals surface area contributed by atoms with Crippen LogP contribution < -0.4 is 10.6 Å². The van der Waals surface area contributed by atoms with Gasteiger partial charge < -0.3 is 25.6 Å². The highest BCUT2D eigenvalue weighted by Crippen LogP contribution is 2.08. The summed E-state index contributed by atoms with van der Waals surface area (Å²) in [6, 6.07) is 11.0. The topological polar surface area (TPSA) is 138 Å². The standard InChI is InChI=1S/C20H22ClN3O6/c21-17-7-6-14(10-22-17)8-16(19(27)28)24-18(26)9-15(25)11-23-20(29)30-12-13-4-2-1-3-5-13/h1-7,10,15-16,25H,8-9,11-12H2,(H,23,29)(H,24,26)(H,27,28)/t15-,16-/m0/s1. The van der Waals surface area contributed by atoms with Gasteiger partial charge in [0.15, 0.2) is 0 Å². The number of pyridine rings is 1. The van der Waals surface area contributed by atoms with Gasteiger partial charge in [-0.15, -0.1) is 0 Å². The Morgan fingerprint density at radius 3 is 2.47 bits per heavy atom. The van der Waals surface area contributed by atoms with Crippen LogP contribution in [0.15, 0.2) is 48.7 Å². The Morgan fingerprint density at radius 1 is 1.10 bits per heavy atom. The van der Waals surface area contributed by atoms with E-state index in [2.05, 4.69) is 15.6 Å². The predicted molar refractivity (Wildman–Crippen MR) is 108 cm³/mol. The number of aromatic nitrogens is 1. The molecule has 0 bridgehead atoms. The van der Waals surface area contributed by atoms with E-state index < -0.39 is 30.1 Å². The maximum absolute atomic E-state index is 12.1. The molecule has 4 N–H and O–H groups in total. The number of aliphatic hydroxyl groups is 1. The summed E-state index contributed by atoms with van der Waals surface area (Å²) in [6.45, 7) is -0.150. The second kappa shape index (κ2) is 11.7. The Morgan fingerprint density at radius 2 is 1.83 bits per heavy atom. The van der Waals surface area contributed by atoms with E-state index in [4.69, 9.17) is 16.3 Å². The average molecular weight is 436 g/mol. The largest absolute Gasteiger partial charge is 0.480 e. The zero-order valence-electron chi connectivity index (χ0n) is 16.0. The molecular formula is C20H22ClN3O6. The Balaban J connectivity index is 1.73. The van der Waals surface area contributed by atoms with E-state index in [0.717, 1.165) is 5.56 Å². The van der Waals surface area contributed by atoms with Crippen molar-refractivity contribution in [3.05, 3.63) is 64.9 Å². The summed E-state index contributed by atoms with van der Waals surface area (Å²) in [4.78, 5) is 39.0. The zero-order valence-corrected chi connectivity index (χ0v) is 16.7. The number of ether oxygens (including phenoxy) is 1. The quantitative estimate of drug-likeness (QED) is 0.415. The third-order valence-electron chi connectivity index (χ3n) is 3.98. The first-order chi connectivity index (χ1) is 14.3. The van der Waals surface area contributed by atoms with Gasteiger partial charge in [-0.25, -0.2) is 14.6 Å². The van der Waals surface area contributed by atoms with Crippen LogP contribution in [0.2, 0.25) is 5.15 Å². The van der Waals surface area contributed by atoms with E-state index in [0.29, 0.717) is 5.56 Å². The number of carboxylic acid groups (broad SMARTS) is 1. The number of hydrogen-bond donors (Lipinski definition) is 4. The molecule has 1 heterocycles.